The number of amides is 2. The molecule has 5 nitrogen and oxygen atoms in total. The zero-order valence-corrected chi connectivity index (χ0v) is 18.1. The van der Waals surface area contributed by atoms with Crippen LogP contribution in [-0.4, -0.2) is 52.3 Å². The zero-order chi connectivity index (χ0) is 23.5. The van der Waals surface area contributed by atoms with Crippen LogP contribution in [0.15, 0.2) is 36.5 Å². The second-order valence-corrected chi connectivity index (χ2v) is 8.05. The fraction of sp³-hybridized carbons (Fsp3) is 0.409. The van der Waals surface area contributed by atoms with Crippen molar-refractivity contribution in [2.75, 3.05) is 19.6 Å². The van der Waals surface area contributed by atoms with Crippen molar-refractivity contribution in [3.63, 3.8) is 0 Å². The first-order chi connectivity index (χ1) is 15.1. The van der Waals surface area contributed by atoms with E-state index in [-0.39, 0.29) is 41.5 Å². The molecule has 0 spiro atoms. The van der Waals surface area contributed by atoms with Crippen molar-refractivity contribution in [2.24, 2.45) is 0 Å². The lowest BCUT2D eigenvalue weighted by Crippen LogP contribution is -2.48. The second-order valence-electron chi connectivity index (χ2n) is 7.64. The molecule has 0 saturated carbocycles. The van der Waals surface area contributed by atoms with Crippen molar-refractivity contribution in [1.82, 2.24) is 14.8 Å². The molecule has 1 saturated heterocycles. The molecule has 1 aromatic heterocycles. The van der Waals surface area contributed by atoms with E-state index in [4.69, 9.17) is 11.6 Å². The summed E-state index contributed by atoms with van der Waals surface area (Å²) in [6, 6.07) is 6.06. The van der Waals surface area contributed by atoms with E-state index in [2.05, 4.69) is 4.98 Å². The summed E-state index contributed by atoms with van der Waals surface area (Å²) in [5.41, 5.74) is -0.237. The molecule has 0 bridgehead atoms. The molecule has 0 aliphatic carbocycles. The second kappa shape index (κ2) is 9.85. The quantitative estimate of drug-likeness (QED) is 0.599. The highest BCUT2D eigenvalue weighted by Gasteiger charge is 2.32. The summed E-state index contributed by atoms with van der Waals surface area (Å²) in [6.07, 6.45) is -2.47. The summed E-state index contributed by atoms with van der Waals surface area (Å²) >= 11 is 5.97. The number of benzene rings is 1. The number of piperidine rings is 1. The van der Waals surface area contributed by atoms with E-state index in [1.54, 1.807) is 9.80 Å². The minimum atomic E-state index is -4.53. The van der Waals surface area contributed by atoms with E-state index < -0.39 is 17.6 Å². The Morgan fingerprint density at radius 1 is 1.19 bits per heavy atom. The molecule has 10 heteroatoms. The molecule has 0 atom stereocenters. The molecule has 0 N–H and O–H groups in total. The number of hydrogen-bond acceptors (Lipinski definition) is 3. The standard InChI is InChI=1S/C22H22ClF4N3O2/c1-14(31)30(11-8-20-19(23)12-16(13-28-20)22(25,26)27)18-6-9-29(10-7-18)21(32)15-2-4-17(24)5-3-15/h2-5,12-13,18H,6-11H2,1H3. The van der Waals surface area contributed by atoms with Gasteiger partial charge in [0.05, 0.1) is 16.3 Å². The van der Waals surface area contributed by atoms with Gasteiger partial charge >= 0.3 is 6.18 Å². The molecule has 32 heavy (non-hydrogen) atoms. The van der Waals surface area contributed by atoms with E-state index in [1.165, 1.54) is 31.2 Å². The van der Waals surface area contributed by atoms with Gasteiger partial charge in [-0.3, -0.25) is 14.6 Å². The summed E-state index contributed by atoms with van der Waals surface area (Å²) in [7, 11) is 0. The van der Waals surface area contributed by atoms with Gasteiger partial charge in [-0.25, -0.2) is 4.39 Å². The van der Waals surface area contributed by atoms with Gasteiger partial charge in [-0.2, -0.15) is 13.2 Å². The smallest absolute Gasteiger partial charge is 0.339 e. The summed E-state index contributed by atoms with van der Waals surface area (Å²) in [5, 5.41) is -0.0944. The average molecular weight is 472 g/mol. The minimum absolute atomic E-state index is 0.0944. The number of nitrogens with zero attached hydrogens (tertiary/aromatic N) is 3. The largest absolute Gasteiger partial charge is 0.417 e. The van der Waals surface area contributed by atoms with E-state index in [9.17, 15) is 27.2 Å². The fourth-order valence-corrected chi connectivity index (χ4v) is 4.05. The maximum absolute atomic E-state index is 13.1. The number of carbonyl (C=O) groups is 2. The lowest BCUT2D eigenvalue weighted by Gasteiger charge is -2.38. The topological polar surface area (TPSA) is 53.5 Å². The minimum Gasteiger partial charge on any atom is -0.339 e. The Labute approximate surface area is 188 Å². The van der Waals surface area contributed by atoms with Crippen LogP contribution in [0.3, 0.4) is 0 Å². The van der Waals surface area contributed by atoms with Crippen LogP contribution in [0.1, 0.15) is 41.4 Å². The number of pyridine rings is 1. The van der Waals surface area contributed by atoms with Gasteiger partial charge < -0.3 is 9.80 Å². The predicted molar refractivity (Wildman–Crippen MR) is 111 cm³/mol. The van der Waals surface area contributed by atoms with E-state index in [0.717, 1.165) is 12.3 Å². The number of alkyl halides is 3. The average Bonchev–Trinajstić information content (AvgIpc) is 2.74. The molecule has 1 fully saturated rings. The van der Waals surface area contributed by atoms with E-state index >= 15 is 0 Å². The van der Waals surface area contributed by atoms with Crippen LogP contribution < -0.4 is 0 Å². The lowest BCUT2D eigenvalue weighted by molar-refractivity contribution is -0.137. The van der Waals surface area contributed by atoms with Crippen LogP contribution in [0, 0.1) is 5.82 Å². The number of likely N-dealkylation sites (tertiary alicyclic amines) is 1. The molecule has 0 unspecified atom stereocenters. The van der Waals surface area contributed by atoms with Gasteiger partial charge in [0, 0.05) is 50.8 Å². The first-order valence-corrected chi connectivity index (χ1v) is 10.5. The number of halogens is 5. The highest BCUT2D eigenvalue weighted by atomic mass is 35.5. The van der Waals surface area contributed by atoms with Crippen LogP contribution in [-0.2, 0) is 17.4 Å². The molecule has 1 aliphatic heterocycles. The van der Waals surface area contributed by atoms with Crippen LogP contribution in [0.4, 0.5) is 17.6 Å². The first-order valence-electron chi connectivity index (χ1n) is 10.1. The van der Waals surface area contributed by atoms with Crippen molar-refractivity contribution in [2.45, 2.75) is 38.4 Å². The summed E-state index contributed by atoms with van der Waals surface area (Å²) in [6.45, 7) is 2.55. The molecule has 172 valence electrons. The number of aromatic nitrogens is 1. The van der Waals surface area contributed by atoms with Crippen LogP contribution in [0.5, 0.6) is 0 Å². The Hall–Kier alpha value is -2.68. The van der Waals surface area contributed by atoms with Crippen molar-refractivity contribution >= 4 is 23.4 Å². The molecular weight excluding hydrogens is 450 g/mol. The van der Waals surface area contributed by atoms with Gasteiger partial charge in [0.1, 0.15) is 5.82 Å². The van der Waals surface area contributed by atoms with Gasteiger partial charge in [-0.05, 0) is 43.2 Å². The van der Waals surface area contributed by atoms with Crippen molar-refractivity contribution in [1.29, 1.82) is 0 Å². The Morgan fingerprint density at radius 3 is 2.34 bits per heavy atom. The van der Waals surface area contributed by atoms with Gasteiger partial charge in [-0.15, -0.1) is 0 Å². The van der Waals surface area contributed by atoms with Gasteiger partial charge in [0.2, 0.25) is 5.91 Å². The van der Waals surface area contributed by atoms with Gasteiger partial charge in [0.25, 0.3) is 5.91 Å². The van der Waals surface area contributed by atoms with Crippen LogP contribution in [0.25, 0.3) is 0 Å². The molecule has 2 heterocycles. The Kier molecular flexibility index (Phi) is 7.38. The third-order valence-electron chi connectivity index (χ3n) is 5.52. The summed E-state index contributed by atoms with van der Waals surface area (Å²) in [5.74, 6) is -0.782. The van der Waals surface area contributed by atoms with Crippen molar-refractivity contribution < 1.29 is 27.2 Å². The van der Waals surface area contributed by atoms with Gasteiger partial charge in [-0.1, -0.05) is 11.6 Å². The first kappa shape index (κ1) is 24.0. The van der Waals surface area contributed by atoms with E-state index in [0.29, 0.717) is 31.5 Å². The lowest BCUT2D eigenvalue weighted by atomic mass is 10.0. The number of rotatable bonds is 5. The summed E-state index contributed by atoms with van der Waals surface area (Å²) in [4.78, 5) is 31.9. The fourth-order valence-electron chi connectivity index (χ4n) is 3.78. The number of carbonyl (C=O) groups excluding carboxylic acids is 2. The molecular formula is C22H22ClF4N3O2. The maximum Gasteiger partial charge on any atom is 0.417 e. The highest BCUT2D eigenvalue weighted by Crippen LogP contribution is 2.31. The molecule has 2 aromatic rings. The number of hydrogen-bond donors (Lipinski definition) is 0. The Morgan fingerprint density at radius 2 is 1.81 bits per heavy atom. The Balaban J connectivity index is 1.59. The third-order valence-corrected chi connectivity index (χ3v) is 5.85. The molecule has 1 aliphatic rings. The molecule has 3 rings (SSSR count). The van der Waals surface area contributed by atoms with E-state index in [1.807, 2.05) is 0 Å². The summed E-state index contributed by atoms with van der Waals surface area (Å²) < 4.78 is 51.4. The molecule has 1 aromatic carbocycles. The van der Waals surface area contributed by atoms with Crippen molar-refractivity contribution in [3.05, 3.63) is 64.2 Å². The third kappa shape index (κ3) is 5.76. The van der Waals surface area contributed by atoms with Gasteiger partial charge in [0.15, 0.2) is 0 Å². The molecule has 0 radical (unpaired) electrons. The van der Waals surface area contributed by atoms with Crippen LogP contribution in [0.2, 0.25) is 5.02 Å². The maximum atomic E-state index is 13.1. The molecule has 2 amide bonds. The zero-order valence-electron chi connectivity index (χ0n) is 17.3. The predicted octanol–water partition coefficient (Wildman–Crippen LogP) is 4.59. The normalized spacial score (nSPS) is 15.0. The highest BCUT2D eigenvalue weighted by molar-refractivity contribution is 6.31. The van der Waals surface area contributed by atoms with Crippen molar-refractivity contribution in [3.8, 4) is 0 Å². The Bertz CT molecular complexity index is 974. The van der Waals surface area contributed by atoms with Crippen LogP contribution >= 0.6 is 11.6 Å². The monoisotopic (exact) mass is 471 g/mol. The SMILES string of the molecule is CC(=O)N(CCc1ncc(C(F)(F)F)cc1Cl)C1CCN(C(=O)c2ccc(F)cc2)CC1.